The van der Waals surface area contributed by atoms with Gasteiger partial charge in [-0.15, -0.1) is 0 Å². The van der Waals surface area contributed by atoms with Gasteiger partial charge in [0.25, 0.3) is 0 Å². The van der Waals surface area contributed by atoms with Gasteiger partial charge in [0, 0.05) is 20.0 Å². The van der Waals surface area contributed by atoms with E-state index in [9.17, 15) is 9.59 Å². The number of amides is 1. The number of nitrogens with zero attached hydrogens (tertiary/aromatic N) is 1. The molecule has 106 valence electrons. The monoisotopic (exact) mass is 267 g/mol. The van der Waals surface area contributed by atoms with Crippen molar-refractivity contribution in [3.63, 3.8) is 0 Å². The van der Waals surface area contributed by atoms with Crippen molar-refractivity contribution in [2.75, 3.05) is 13.6 Å². The molecule has 1 rings (SSSR count). The van der Waals surface area contributed by atoms with Crippen molar-refractivity contribution in [2.24, 2.45) is 0 Å². The summed E-state index contributed by atoms with van der Waals surface area (Å²) in [6.07, 6.45) is 0.568. The first-order valence-corrected chi connectivity index (χ1v) is 6.23. The fourth-order valence-electron chi connectivity index (χ4n) is 1.48. The van der Waals surface area contributed by atoms with E-state index in [0.29, 0.717) is 13.0 Å². The lowest BCUT2D eigenvalue weighted by Crippen LogP contribution is -2.39. The summed E-state index contributed by atoms with van der Waals surface area (Å²) in [4.78, 5) is 24.7. The summed E-state index contributed by atoms with van der Waals surface area (Å²) < 4.78 is 10.4. The summed E-state index contributed by atoms with van der Waals surface area (Å²) in [6.45, 7) is 7.45. The van der Waals surface area contributed by atoms with Crippen molar-refractivity contribution in [2.45, 2.75) is 39.7 Å². The van der Waals surface area contributed by atoms with Crippen LogP contribution in [-0.4, -0.2) is 36.0 Å². The van der Waals surface area contributed by atoms with Crippen LogP contribution < -0.4 is 0 Å². The van der Waals surface area contributed by atoms with Gasteiger partial charge in [-0.2, -0.15) is 0 Å². The third-order valence-electron chi connectivity index (χ3n) is 2.41. The number of carbonyl (C=O) groups excluding carboxylic acids is 2. The Bertz CT molecular complexity index is 456. The van der Waals surface area contributed by atoms with Crippen LogP contribution in [0.5, 0.6) is 0 Å². The molecule has 0 radical (unpaired) electrons. The Hall–Kier alpha value is -1.78. The highest BCUT2D eigenvalue weighted by Gasteiger charge is 2.25. The number of rotatable bonds is 3. The van der Waals surface area contributed by atoms with E-state index in [4.69, 9.17) is 9.15 Å². The Morgan fingerprint density at radius 3 is 2.42 bits per heavy atom. The molecule has 1 heterocycles. The zero-order chi connectivity index (χ0) is 14.6. The average molecular weight is 267 g/mol. The normalized spacial score (nSPS) is 11.2. The fraction of sp³-hybridized carbons (Fsp3) is 0.571. The van der Waals surface area contributed by atoms with Gasteiger partial charge >= 0.3 is 11.9 Å². The summed E-state index contributed by atoms with van der Waals surface area (Å²) in [6, 6.07) is 3.73. The largest absolute Gasteiger partial charge is 0.466 e. The van der Waals surface area contributed by atoms with Crippen LogP contribution in [0.3, 0.4) is 0 Å². The molecule has 1 aromatic heterocycles. The summed E-state index contributed by atoms with van der Waals surface area (Å²) in [5, 5.41) is 0. The molecule has 0 aliphatic carbocycles. The Morgan fingerprint density at radius 2 is 1.95 bits per heavy atom. The molecule has 0 atom stereocenters. The van der Waals surface area contributed by atoms with Crippen molar-refractivity contribution >= 4 is 11.9 Å². The summed E-state index contributed by atoms with van der Waals surface area (Å²) in [7, 11) is 1.57. The van der Waals surface area contributed by atoms with E-state index in [1.807, 2.05) is 19.1 Å². The summed E-state index contributed by atoms with van der Waals surface area (Å²) in [5.41, 5.74) is -0.661. The third kappa shape index (κ3) is 5.16. The molecule has 0 aliphatic heterocycles. The Morgan fingerprint density at radius 1 is 1.32 bits per heavy atom. The Kier molecular flexibility index (Phi) is 4.75. The van der Waals surface area contributed by atoms with Gasteiger partial charge in [-0.1, -0.05) is 0 Å². The molecular formula is C14H21NO4. The maximum absolute atomic E-state index is 11.8. The van der Waals surface area contributed by atoms with E-state index in [0.717, 1.165) is 11.5 Å². The van der Waals surface area contributed by atoms with Gasteiger partial charge in [-0.25, -0.2) is 4.79 Å². The molecule has 5 nitrogen and oxygen atoms in total. The smallest absolute Gasteiger partial charge is 0.397 e. The van der Waals surface area contributed by atoms with Crippen molar-refractivity contribution in [1.29, 1.82) is 0 Å². The number of esters is 1. The van der Waals surface area contributed by atoms with Crippen LogP contribution in [0.1, 0.15) is 32.3 Å². The molecule has 0 N–H and O–H groups in total. The SMILES string of the molecule is Cc1ccc(CCN(C)C(=O)C(=O)OC(C)(C)C)o1. The zero-order valence-corrected chi connectivity index (χ0v) is 12.1. The molecule has 0 aliphatic rings. The predicted molar refractivity (Wildman–Crippen MR) is 70.6 cm³/mol. The zero-order valence-electron chi connectivity index (χ0n) is 12.1. The molecule has 0 unspecified atom stereocenters. The van der Waals surface area contributed by atoms with Crippen LogP contribution in [0.2, 0.25) is 0 Å². The van der Waals surface area contributed by atoms with E-state index in [-0.39, 0.29) is 0 Å². The molecular weight excluding hydrogens is 246 g/mol. The fourth-order valence-corrected chi connectivity index (χ4v) is 1.48. The lowest BCUT2D eigenvalue weighted by atomic mass is 10.2. The van der Waals surface area contributed by atoms with E-state index in [2.05, 4.69) is 0 Å². The number of hydrogen-bond donors (Lipinski definition) is 0. The van der Waals surface area contributed by atoms with Crippen LogP contribution in [0.4, 0.5) is 0 Å². The van der Waals surface area contributed by atoms with Crippen LogP contribution >= 0.6 is 0 Å². The molecule has 0 spiro atoms. The second-order valence-corrected chi connectivity index (χ2v) is 5.49. The molecule has 0 aromatic carbocycles. The first-order valence-electron chi connectivity index (χ1n) is 6.23. The van der Waals surface area contributed by atoms with Crippen molar-refractivity contribution in [1.82, 2.24) is 4.90 Å². The van der Waals surface area contributed by atoms with Crippen LogP contribution in [0.25, 0.3) is 0 Å². The summed E-state index contributed by atoms with van der Waals surface area (Å²) in [5.74, 6) is 0.154. The standard InChI is InChI=1S/C14H21NO4/c1-10-6-7-11(18-10)8-9-15(5)12(16)13(17)19-14(2,3)4/h6-7H,8-9H2,1-5H3. The maximum atomic E-state index is 11.8. The second kappa shape index (κ2) is 5.91. The Balaban J connectivity index is 2.46. The number of likely N-dealkylation sites (N-methyl/N-ethyl adjacent to an activating group) is 1. The molecule has 0 bridgehead atoms. The third-order valence-corrected chi connectivity index (χ3v) is 2.41. The predicted octanol–water partition coefficient (Wildman–Crippen LogP) is 1.93. The molecule has 1 amide bonds. The molecule has 0 fully saturated rings. The first kappa shape index (κ1) is 15.3. The minimum atomic E-state index is -0.828. The highest BCUT2D eigenvalue weighted by Crippen LogP contribution is 2.09. The minimum absolute atomic E-state index is 0.408. The lowest BCUT2D eigenvalue weighted by Gasteiger charge is -2.21. The van der Waals surface area contributed by atoms with Gasteiger partial charge in [0.15, 0.2) is 0 Å². The number of ether oxygens (including phenoxy) is 1. The molecule has 0 saturated carbocycles. The highest BCUT2D eigenvalue weighted by atomic mass is 16.6. The number of furan rings is 1. The second-order valence-electron chi connectivity index (χ2n) is 5.49. The topological polar surface area (TPSA) is 59.8 Å². The molecule has 0 saturated heterocycles. The Labute approximate surface area is 113 Å². The summed E-state index contributed by atoms with van der Waals surface area (Å²) >= 11 is 0. The van der Waals surface area contributed by atoms with Gasteiger partial charge in [0.2, 0.25) is 0 Å². The van der Waals surface area contributed by atoms with Crippen molar-refractivity contribution in [3.8, 4) is 0 Å². The number of carbonyl (C=O) groups is 2. The van der Waals surface area contributed by atoms with E-state index in [1.54, 1.807) is 27.8 Å². The van der Waals surface area contributed by atoms with Crippen LogP contribution in [-0.2, 0) is 20.7 Å². The highest BCUT2D eigenvalue weighted by molar-refractivity contribution is 6.32. The number of aryl methyl sites for hydroxylation is 1. The lowest BCUT2D eigenvalue weighted by molar-refractivity contribution is -0.167. The van der Waals surface area contributed by atoms with Crippen molar-refractivity contribution < 1.29 is 18.7 Å². The van der Waals surface area contributed by atoms with Gasteiger partial charge in [0.1, 0.15) is 17.1 Å². The van der Waals surface area contributed by atoms with Crippen LogP contribution in [0, 0.1) is 6.92 Å². The van der Waals surface area contributed by atoms with E-state index < -0.39 is 17.5 Å². The first-order chi connectivity index (χ1) is 8.69. The minimum Gasteiger partial charge on any atom is -0.466 e. The van der Waals surface area contributed by atoms with Crippen LogP contribution in [0.15, 0.2) is 16.5 Å². The van der Waals surface area contributed by atoms with E-state index >= 15 is 0 Å². The van der Waals surface area contributed by atoms with Gasteiger partial charge < -0.3 is 14.1 Å². The van der Waals surface area contributed by atoms with Gasteiger partial charge in [0.05, 0.1) is 0 Å². The molecule has 1 aromatic rings. The molecule has 5 heteroatoms. The molecule has 19 heavy (non-hydrogen) atoms. The quantitative estimate of drug-likeness (QED) is 0.620. The van der Waals surface area contributed by atoms with E-state index in [1.165, 1.54) is 4.90 Å². The van der Waals surface area contributed by atoms with Crippen molar-refractivity contribution in [3.05, 3.63) is 23.7 Å². The van der Waals surface area contributed by atoms with Gasteiger partial charge in [-0.05, 0) is 39.8 Å². The average Bonchev–Trinajstić information content (AvgIpc) is 2.68. The number of hydrogen-bond acceptors (Lipinski definition) is 4. The van der Waals surface area contributed by atoms with Gasteiger partial charge in [-0.3, -0.25) is 4.79 Å². The maximum Gasteiger partial charge on any atom is 0.397 e.